The largest absolute Gasteiger partial charge is 0.462 e. The van der Waals surface area contributed by atoms with Gasteiger partial charge in [0, 0.05) is 30.7 Å². The zero-order valence-corrected chi connectivity index (χ0v) is 36.3. The maximum Gasteiger partial charge on any atom is 0.335 e. The van der Waals surface area contributed by atoms with Gasteiger partial charge in [-0.3, -0.25) is 4.79 Å². The summed E-state index contributed by atoms with van der Waals surface area (Å²) in [5, 5.41) is 109. The Balaban J connectivity index is 0.923. The van der Waals surface area contributed by atoms with Gasteiger partial charge in [-0.25, -0.2) is 4.79 Å². The molecule has 3 saturated carbocycles. The van der Waals surface area contributed by atoms with Crippen LogP contribution in [0.3, 0.4) is 0 Å². The van der Waals surface area contributed by atoms with Crippen molar-refractivity contribution in [2.75, 3.05) is 13.2 Å². The molecule has 4 heterocycles. The first kappa shape index (κ1) is 48.0. The van der Waals surface area contributed by atoms with Crippen molar-refractivity contribution < 1.29 is 93.4 Å². The highest BCUT2D eigenvalue weighted by molar-refractivity contribution is 5.66. The molecule has 0 amide bonds. The quantitative estimate of drug-likeness (QED) is 0.0915. The van der Waals surface area contributed by atoms with Gasteiger partial charge >= 0.3 is 11.6 Å². The molecule has 8 rings (SSSR count). The lowest BCUT2D eigenvalue weighted by atomic mass is 9.45. The van der Waals surface area contributed by atoms with Gasteiger partial charge in [-0.15, -0.1) is 0 Å². The molecule has 10 N–H and O–H groups in total. The van der Waals surface area contributed by atoms with Crippen LogP contribution in [-0.4, -0.2) is 180 Å². The highest BCUT2D eigenvalue weighted by atomic mass is 16.8. The molecule has 4 aliphatic carbocycles. The molecule has 20 heteroatoms. The molecule has 1 aromatic heterocycles. The van der Waals surface area contributed by atoms with Crippen LogP contribution in [0, 0.1) is 22.7 Å². The van der Waals surface area contributed by atoms with Crippen LogP contribution in [0.5, 0.6) is 0 Å². The van der Waals surface area contributed by atoms with Crippen LogP contribution in [0.1, 0.15) is 84.1 Å². The van der Waals surface area contributed by atoms with Gasteiger partial charge in [-0.05, 0) is 74.3 Å². The predicted octanol–water partition coefficient (Wildman–Crippen LogP) is -1.80. The van der Waals surface area contributed by atoms with Gasteiger partial charge < -0.3 is 88.6 Å². The highest BCUT2D eigenvalue weighted by Gasteiger charge is 2.70. The maximum atomic E-state index is 12.9. The minimum Gasteiger partial charge on any atom is -0.462 e. The number of carbonyl (C=O) groups is 1. The van der Waals surface area contributed by atoms with E-state index in [-0.39, 0.29) is 23.7 Å². The molecule has 1 aromatic rings. The van der Waals surface area contributed by atoms with Crippen LogP contribution < -0.4 is 5.63 Å². The number of aliphatic hydroxyl groups excluding tert-OH is 9. The van der Waals surface area contributed by atoms with Crippen molar-refractivity contribution in [3.05, 3.63) is 46.0 Å². The molecule has 0 aromatic carbocycles. The van der Waals surface area contributed by atoms with E-state index in [1.807, 2.05) is 13.0 Å². The molecular formula is C44H64O20. The molecule has 0 spiro atoms. The minimum atomic E-state index is -1.91. The van der Waals surface area contributed by atoms with Crippen molar-refractivity contribution in [3.63, 3.8) is 0 Å². The van der Waals surface area contributed by atoms with Crippen LogP contribution in [0.25, 0.3) is 0 Å². The van der Waals surface area contributed by atoms with E-state index in [1.165, 1.54) is 26.2 Å². The monoisotopic (exact) mass is 912 g/mol. The maximum absolute atomic E-state index is 12.9. The van der Waals surface area contributed by atoms with Crippen LogP contribution in [-0.2, 0) is 38.0 Å². The third-order valence-corrected chi connectivity index (χ3v) is 16.0. The molecule has 360 valence electrons. The van der Waals surface area contributed by atoms with Gasteiger partial charge in [-0.1, -0.05) is 25.5 Å². The Morgan fingerprint density at radius 2 is 1.34 bits per heavy atom. The molecule has 3 saturated heterocycles. The highest BCUT2D eigenvalue weighted by Crippen LogP contribution is 2.70. The Bertz CT molecular complexity index is 1890. The van der Waals surface area contributed by atoms with Gasteiger partial charge in [0.1, 0.15) is 73.2 Å². The summed E-state index contributed by atoms with van der Waals surface area (Å²) in [6.07, 6.45) is -17.3. The Kier molecular flexibility index (Phi) is 13.7. The van der Waals surface area contributed by atoms with Crippen LogP contribution >= 0.6 is 0 Å². The van der Waals surface area contributed by atoms with Gasteiger partial charge in [0.05, 0.1) is 37.3 Å². The first-order valence-corrected chi connectivity index (χ1v) is 22.4. The fourth-order valence-corrected chi connectivity index (χ4v) is 12.5. The van der Waals surface area contributed by atoms with E-state index in [1.54, 1.807) is 6.07 Å². The molecule has 20 nitrogen and oxygen atoms in total. The van der Waals surface area contributed by atoms with Gasteiger partial charge in [0.25, 0.3) is 0 Å². The smallest absolute Gasteiger partial charge is 0.335 e. The second-order valence-electron chi connectivity index (χ2n) is 19.5. The van der Waals surface area contributed by atoms with E-state index < -0.39 is 146 Å². The summed E-state index contributed by atoms with van der Waals surface area (Å²) in [4.78, 5) is 24.2. The number of hydrogen-bond donors (Lipinski definition) is 10. The summed E-state index contributed by atoms with van der Waals surface area (Å²) in [6.45, 7) is 5.49. The lowest BCUT2D eigenvalue weighted by molar-refractivity contribution is -0.379. The van der Waals surface area contributed by atoms with Crippen LogP contribution in [0.2, 0.25) is 0 Å². The number of hydrogen-bond acceptors (Lipinski definition) is 20. The molecule has 6 fully saturated rings. The Labute approximate surface area is 369 Å². The first-order valence-electron chi connectivity index (χ1n) is 22.4. The van der Waals surface area contributed by atoms with Crippen LogP contribution in [0.15, 0.2) is 39.3 Å². The molecule has 64 heavy (non-hydrogen) atoms. The Morgan fingerprint density at radius 1 is 0.750 bits per heavy atom. The minimum absolute atomic E-state index is 0.0768. The normalized spacial score (nSPS) is 50.4. The second kappa shape index (κ2) is 18.2. The van der Waals surface area contributed by atoms with E-state index in [0.29, 0.717) is 37.7 Å². The van der Waals surface area contributed by atoms with Crippen LogP contribution in [0.4, 0.5) is 0 Å². The fourth-order valence-electron chi connectivity index (χ4n) is 12.5. The van der Waals surface area contributed by atoms with Crippen molar-refractivity contribution >= 4 is 5.97 Å². The molecule has 0 unspecified atom stereocenters. The lowest BCUT2D eigenvalue weighted by Crippen LogP contribution is -2.66. The van der Waals surface area contributed by atoms with Crippen molar-refractivity contribution in [2.24, 2.45) is 22.7 Å². The van der Waals surface area contributed by atoms with E-state index in [2.05, 4.69) is 6.92 Å². The van der Waals surface area contributed by atoms with Crippen molar-refractivity contribution in [2.45, 2.75) is 188 Å². The lowest BCUT2D eigenvalue weighted by Gasteiger charge is -2.61. The summed E-state index contributed by atoms with van der Waals surface area (Å²) < 4.78 is 46.0. The van der Waals surface area contributed by atoms with E-state index >= 15 is 0 Å². The number of fused-ring (bicyclic) bond motifs is 5. The number of allylic oxidation sites excluding steroid dienone is 1. The molecule has 3 aliphatic heterocycles. The summed E-state index contributed by atoms with van der Waals surface area (Å²) >= 11 is 0. The van der Waals surface area contributed by atoms with Gasteiger partial charge in [-0.2, -0.15) is 0 Å². The molecule has 23 atom stereocenters. The fraction of sp³-hybridized carbons (Fsp3) is 0.818. The number of ether oxygens (including phenoxy) is 7. The average molecular weight is 913 g/mol. The van der Waals surface area contributed by atoms with E-state index in [0.717, 1.165) is 12.0 Å². The topological polar surface area (TPSA) is 314 Å². The van der Waals surface area contributed by atoms with E-state index in [9.17, 15) is 60.7 Å². The van der Waals surface area contributed by atoms with Crippen molar-refractivity contribution in [3.8, 4) is 0 Å². The molecule has 7 aliphatic rings. The number of aliphatic hydroxyl groups is 10. The number of carbonyl (C=O) groups excluding carboxylic acids is 1. The van der Waals surface area contributed by atoms with Gasteiger partial charge in [0.15, 0.2) is 18.9 Å². The molecule has 0 radical (unpaired) electrons. The Hall–Kier alpha value is -2.48. The van der Waals surface area contributed by atoms with Gasteiger partial charge in [0.2, 0.25) is 0 Å². The summed E-state index contributed by atoms with van der Waals surface area (Å²) in [7, 11) is 0. The van der Waals surface area contributed by atoms with Crippen molar-refractivity contribution in [1.82, 2.24) is 0 Å². The van der Waals surface area contributed by atoms with E-state index in [4.69, 9.17) is 37.6 Å². The SMILES string of the molecule is CC(=O)O[C@@H]1C[C@]2(O)[C@H]3CCC4=C[C@@H](O[C@@H]5O[C@@H](CO)[C@H](O[C@H]6O[C@@H](CO)[C@@H](O[C@H]7O[C@@H](C)[C@H](O)[C@H](O)[C@H]7O)[C@H](O)[C@@H]6O)[C@H](O)[C@@H]5O)CC[C@@]4(C)[C@@H]3CC[C@@]2(C)[C@@H]1c1ccc(=O)oc1. The second-order valence-corrected chi connectivity index (χ2v) is 19.5. The third kappa shape index (κ3) is 8.11. The predicted molar refractivity (Wildman–Crippen MR) is 214 cm³/mol. The zero-order chi connectivity index (χ0) is 46.2. The third-order valence-electron chi connectivity index (χ3n) is 16.0. The summed E-state index contributed by atoms with van der Waals surface area (Å²) in [5.74, 6) is -0.898. The summed E-state index contributed by atoms with van der Waals surface area (Å²) in [5.41, 5.74) is -0.865. The number of esters is 1. The zero-order valence-electron chi connectivity index (χ0n) is 36.3. The standard InChI is InChI=1S/C44H64O20/c1-18-30(49)31(50)34(53)39(58-18)63-37-27(16-46)62-41(36(55)33(37)52)64-38-26(15-45)61-40(35(54)32(38)51)60-22-9-11-42(3)21(13-22)6-7-24-23(42)10-12-43(4)29(20-5-8-28(48)57-17-20)25(59-19(2)47)14-44(24,43)56/h5,8,13,17-18,22-27,29-41,45-46,49-56H,6-7,9-12,14-16H2,1-4H3/t18-,22-,23+,24-,25+,26-,27-,29+,30-,31-,32+,33+,34+,35-,36-,37+,38-,39+,40+,41+,42+,43-,44-/m0/s1. The van der Waals surface area contributed by atoms with Crippen molar-refractivity contribution in [1.29, 1.82) is 0 Å². The molecule has 0 bridgehead atoms. The molecular weight excluding hydrogens is 848 g/mol. The summed E-state index contributed by atoms with van der Waals surface area (Å²) in [6, 6.07) is 3.03. The Morgan fingerprint density at radius 3 is 1.92 bits per heavy atom. The number of rotatable bonds is 10. The average Bonchev–Trinajstić information content (AvgIpc) is 3.49. The first-order chi connectivity index (χ1) is 30.3.